The molecule has 0 saturated heterocycles. The first kappa shape index (κ1) is 14.0. The predicted octanol–water partition coefficient (Wildman–Crippen LogP) is 4.89. The van der Waals surface area contributed by atoms with Crippen LogP contribution in [0.4, 0.5) is 0 Å². The summed E-state index contributed by atoms with van der Waals surface area (Å²) in [6.07, 6.45) is 5.26. The van der Waals surface area contributed by atoms with Crippen LogP contribution in [-0.4, -0.2) is 11.5 Å². The molecule has 1 aromatic rings. The van der Waals surface area contributed by atoms with Gasteiger partial charge >= 0.3 is 0 Å². The van der Waals surface area contributed by atoms with Crippen molar-refractivity contribution >= 4 is 24.4 Å². The maximum absolute atomic E-state index is 4.22. The Hall–Kier alpha value is -0.0800. The highest BCUT2D eigenvalue weighted by Crippen LogP contribution is 2.24. The Kier molecular flexibility index (Phi) is 7.06. The van der Waals surface area contributed by atoms with Gasteiger partial charge in [0.05, 0.1) is 0 Å². The molecule has 0 heterocycles. The summed E-state index contributed by atoms with van der Waals surface area (Å²) >= 11 is 6.22. The number of benzene rings is 1. The fraction of sp³-hybridized carbons (Fsp3) is 0.571. The number of rotatable bonds is 7. The number of unbranched alkanes of at least 4 members (excludes halogenated alkanes) is 3. The van der Waals surface area contributed by atoms with Crippen LogP contribution in [0, 0.1) is 13.8 Å². The summed E-state index contributed by atoms with van der Waals surface area (Å²) < 4.78 is 0. The molecule has 0 aromatic heterocycles. The van der Waals surface area contributed by atoms with E-state index in [9.17, 15) is 0 Å². The van der Waals surface area contributed by atoms with Gasteiger partial charge in [0.25, 0.3) is 0 Å². The van der Waals surface area contributed by atoms with Crippen molar-refractivity contribution in [2.75, 3.05) is 11.5 Å². The van der Waals surface area contributed by atoms with Gasteiger partial charge in [-0.1, -0.05) is 30.5 Å². The second-order valence-electron chi connectivity index (χ2n) is 4.26. The van der Waals surface area contributed by atoms with E-state index in [0.29, 0.717) is 0 Å². The third-order valence-electron chi connectivity index (χ3n) is 2.65. The van der Waals surface area contributed by atoms with E-state index in [4.69, 9.17) is 0 Å². The van der Waals surface area contributed by atoms with Crippen LogP contribution in [0.1, 0.15) is 36.8 Å². The van der Waals surface area contributed by atoms with Crippen LogP contribution in [0.3, 0.4) is 0 Å². The lowest BCUT2D eigenvalue weighted by atomic mass is 10.2. The fourth-order valence-corrected chi connectivity index (χ4v) is 2.97. The Balaban J connectivity index is 2.23. The molecule has 1 rings (SSSR count). The maximum Gasteiger partial charge on any atom is 0.0104 e. The van der Waals surface area contributed by atoms with Gasteiger partial charge in [0.2, 0.25) is 0 Å². The van der Waals surface area contributed by atoms with Gasteiger partial charge in [-0.15, -0.1) is 11.8 Å². The average molecular weight is 254 g/mol. The molecule has 0 fully saturated rings. The summed E-state index contributed by atoms with van der Waals surface area (Å²) in [7, 11) is 0. The third-order valence-corrected chi connectivity index (χ3v) is 4.21. The average Bonchev–Trinajstić information content (AvgIpc) is 2.28. The van der Waals surface area contributed by atoms with Gasteiger partial charge in [-0.25, -0.2) is 0 Å². The van der Waals surface area contributed by atoms with E-state index in [0.717, 1.165) is 5.75 Å². The zero-order valence-corrected chi connectivity index (χ0v) is 12.0. The molecule has 0 bridgehead atoms. The zero-order chi connectivity index (χ0) is 11.8. The zero-order valence-electron chi connectivity index (χ0n) is 10.3. The second-order valence-corrected chi connectivity index (χ2v) is 5.84. The number of hydrogen-bond donors (Lipinski definition) is 1. The highest BCUT2D eigenvalue weighted by atomic mass is 32.2. The SMILES string of the molecule is Cc1ccc(C)c(SCCCCCCS)c1. The molecule has 1 aromatic carbocycles. The van der Waals surface area contributed by atoms with Crippen LogP contribution in [0.5, 0.6) is 0 Å². The van der Waals surface area contributed by atoms with E-state index in [2.05, 4.69) is 44.7 Å². The van der Waals surface area contributed by atoms with Crippen molar-refractivity contribution in [3.8, 4) is 0 Å². The third kappa shape index (κ3) is 5.31. The van der Waals surface area contributed by atoms with Gasteiger partial charge in [0, 0.05) is 4.90 Å². The van der Waals surface area contributed by atoms with Gasteiger partial charge < -0.3 is 0 Å². The van der Waals surface area contributed by atoms with E-state index in [-0.39, 0.29) is 0 Å². The Bertz CT molecular complexity index is 308. The molecular weight excluding hydrogens is 232 g/mol. The summed E-state index contributed by atoms with van der Waals surface area (Å²) in [4.78, 5) is 1.45. The molecule has 0 aliphatic heterocycles. The topological polar surface area (TPSA) is 0 Å². The quantitative estimate of drug-likeness (QED) is 0.411. The Morgan fingerprint density at radius 1 is 1.06 bits per heavy atom. The first-order valence-corrected chi connectivity index (χ1v) is 7.67. The molecular formula is C14H22S2. The van der Waals surface area contributed by atoms with Gasteiger partial charge in [0.1, 0.15) is 0 Å². The van der Waals surface area contributed by atoms with Gasteiger partial charge in [0.15, 0.2) is 0 Å². The van der Waals surface area contributed by atoms with Crippen LogP contribution in [0.2, 0.25) is 0 Å². The molecule has 90 valence electrons. The summed E-state index contributed by atoms with van der Waals surface area (Å²) in [5, 5.41) is 0. The molecule has 0 N–H and O–H groups in total. The van der Waals surface area contributed by atoms with Crippen LogP contribution in [0.25, 0.3) is 0 Å². The molecule has 0 atom stereocenters. The lowest BCUT2D eigenvalue weighted by molar-refractivity contribution is 0.712. The van der Waals surface area contributed by atoms with E-state index >= 15 is 0 Å². The van der Waals surface area contributed by atoms with Crippen molar-refractivity contribution in [1.29, 1.82) is 0 Å². The van der Waals surface area contributed by atoms with Crippen molar-refractivity contribution < 1.29 is 0 Å². The maximum atomic E-state index is 4.22. The molecule has 0 radical (unpaired) electrons. The molecule has 2 heteroatoms. The molecule has 0 nitrogen and oxygen atoms in total. The first-order chi connectivity index (χ1) is 7.74. The van der Waals surface area contributed by atoms with Crippen molar-refractivity contribution in [2.45, 2.75) is 44.4 Å². The van der Waals surface area contributed by atoms with Crippen LogP contribution in [-0.2, 0) is 0 Å². The van der Waals surface area contributed by atoms with Crippen molar-refractivity contribution in [2.24, 2.45) is 0 Å². The molecule has 0 aliphatic rings. The summed E-state index contributed by atoms with van der Waals surface area (Å²) in [5.41, 5.74) is 2.77. The van der Waals surface area contributed by atoms with Crippen LogP contribution >= 0.6 is 24.4 Å². The predicted molar refractivity (Wildman–Crippen MR) is 79.0 cm³/mol. The molecule has 16 heavy (non-hydrogen) atoms. The Labute approximate surface area is 110 Å². The molecule has 0 amide bonds. The van der Waals surface area contributed by atoms with E-state index in [1.807, 2.05) is 11.8 Å². The molecule has 0 aliphatic carbocycles. The minimum Gasteiger partial charge on any atom is -0.179 e. The van der Waals surface area contributed by atoms with Gasteiger partial charge in [-0.3, -0.25) is 0 Å². The lowest BCUT2D eigenvalue weighted by Gasteiger charge is -2.06. The van der Waals surface area contributed by atoms with Gasteiger partial charge in [-0.2, -0.15) is 12.6 Å². The number of aryl methyl sites for hydroxylation is 2. The summed E-state index contributed by atoms with van der Waals surface area (Å²) in [5.74, 6) is 2.28. The number of thiol groups is 1. The van der Waals surface area contributed by atoms with Crippen LogP contribution < -0.4 is 0 Å². The smallest absolute Gasteiger partial charge is 0.0104 e. The van der Waals surface area contributed by atoms with E-state index in [1.165, 1.54) is 47.5 Å². The molecule has 0 spiro atoms. The van der Waals surface area contributed by atoms with Gasteiger partial charge in [-0.05, 0) is 49.8 Å². The number of thioether (sulfide) groups is 1. The minimum absolute atomic E-state index is 1.03. The minimum atomic E-state index is 1.03. The lowest BCUT2D eigenvalue weighted by Crippen LogP contribution is -1.86. The highest BCUT2D eigenvalue weighted by molar-refractivity contribution is 7.99. The van der Waals surface area contributed by atoms with Crippen molar-refractivity contribution in [1.82, 2.24) is 0 Å². The molecule has 0 saturated carbocycles. The monoisotopic (exact) mass is 254 g/mol. The summed E-state index contributed by atoms with van der Waals surface area (Å²) in [6, 6.07) is 6.71. The second kappa shape index (κ2) is 8.08. The van der Waals surface area contributed by atoms with E-state index < -0.39 is 0 Å². The summed E-state index contributed by atoms with van der Waals surface area (Å²) in [6.45, 7) is 4.36. The highest BCUT2D eigenvalue weighted by Gasteiger charge is 1.99. The Morgan fingerprint density at radius 3 is 2.56 bits per heavy atom. The van der Waals surface area contributed by atoms with Crippen molar-refractivity contribution in [3.63, 3.8) is 0 Å². The van der Waals surface area contributed by atoms with Crippen LogP contribution in [0.15, 0.2) is 23.1 Å². The molecule has 0 unspecified atom stereocenters. The standard InChI is InChI=1S/C14H22S2/c1-12-7-8-13(2)14(11-12)16-10-6-4-3-5-9-15/h7-8,11,15H,3-6,9-10H2,1-2H3. The first-order valence-electron chi connectivity index (χ1n) is 6.05. The Morgan fingerprint density at radius 2 is 1.81 bits per heavy atom. The fourth-order valence-electron chi connectivity index (χ4n) is 1.61. The number of hydrogen-bond acceptors (Lipinski definition) is 2. The van der Waals surface area contributed by atoms with Crippen molar-refractivity contribution in [3.05, 3.63) is 29.3 Å². The normalized spacial score (nSPS) is 10.7. The largest absolute Gasteiger partial charge is 0.179 e. The van der Waals surface area contributed by atoms with E-state index in [1.54, 1.807) is 0 Å².